The van der Waals surface area contributed by atoms with Gasteiger partial charge in [0.25, 0.3) is 15.6 Å². The first-order valence-electron chi connectivity index (χ1n) is 33.6. The average Bonchev–Trinajstić information content (AvgIpc) is 1.70. The van der Waals surface area contributed by atoms with Crippen LogP contribution in [0.4, 0.5) is 32.3 Å². The van der Waals surface area contributed by atoms with E-state index in [2.05, 4.69) is 52.6 Å². The van der Waals surface area contributed by atoms with Crippen LogP contribution >= 0.6 is 12.2 Å². The lowest BCUT2D eigenvalue weighted by Gasteiger charge is -2.37. The largest absolute Gasteiger partial charge is 0.481 e. The van der Waals surface area contributed by atoms with Gasteiger partial charge < -0.3 is 71.9 Å². The van der Waals surface area contributed by atoms with Gasteiger partial charge in [-0.2, -0.15) is 0 Å². The molecule has 0 radical (unpaired) electrons. The third kappa shape index (κ3) is 18.3. The van der Waals surface area contributed by atoms with Gasteiger partial charge in [-0.3, -0.25) is 33.5 Å². The molecule has 4 aromatic carbocycles. The van der Waals surface area contributed by atoms with E-state index in [9.17, 15) is 61.5 Å². The van der Waals surface area contributed by atoms with Crippen LogP contribution in [-0.4, -0.2) is 130 Å². The number of esters is 2. The van der Waals surface area contributed by atoms with Gasteiger partial charge in [0, 0.05) is 52.4 Å². The minimum absolute atomic E-state index is 0.0790. The lowest BCUT2D eigenvalue weighted by atomic mass is 9.85. The summed E-state index contributed by atoms with van der Waals surface area (Å²) in [7, 11) is -4.21. The van der Waals surface area contributed by atoms with Crippen molar-refractivity contribution in [2.75, 3.05) is 40.3 Å². The molecule has 0 bridgehead atoms. The van der Waals surface area contributed by atoms with Gasteiger partial charge in [0.15, 0.2) is 5.11 Å². The second-order valence-corrected chi connectivity index (χ2v) is 28.4. The zero-order valence-corrected chi connectivity index (χ0v) is 59.0. The SMILES string of the molecule is CCCNC(=O)Nc1cccc(S(=O)(=O)Nc2cccc(C(CC(=O)O)NC(=O)Nc3ccc(NC(=S)N4CCC[C@@H]4C(=O)N[C@@H](CC(C)C)C(=O)NCC(=O)N[C@H](CC(C)C)C(=O)N[C@@H](C(=O)O[C@@]4(CC)C(=O)OCc5c4cc4n(c5=O)Cc5cc6ccccc6nc5-4)C(C)C)cc3)c2)c1. The highest BCUT2D eigenvalue weighted by atomic mass is 32.2. The number of para-hydroxylation sites is 1. The number of carbonyl (C=O) groups excluding carboxylic acids is 8. The van der Waals surface area contributed by atoms with E-state index in [0.29, 0.717) is 60.6 Å². The van der Waals surface area contributed by atoms with Gasteiger partial charge in [0.1, 0.15) is 30.8 Å². The number of carboxylic acids is 1. The number of rotatable bonds is 28. The fraction of sp³-hybridized carbons (Fsp3) is 0.408. The van der Waals surface area contributed by atoms with E-state index >= 15 is 0 Å². The summed E-state index contributed by atoms with van der Waals surface area (Å²) in [4.78, 5) is 143. The molecule has 101 heavy (non-hydrogen) atoms. The van der Waals surface area contributed by atoms with Crippen LogP contribution in [0.1, 0.15) is 129 Å². The molecular weight excluding hydrogens is 1340 g/mol. The molecule has 6 aromatic rings. The molecule has 3 aliphatic rings. The maximum Gasteiger partial charge on any atom is 0.355 e. The lowest BCUT2D eigenvalue weighted by Crippen LogP contribution is -2.57. The fourth-order valence-electron chi connectivity index (χ4n) is 12.3. The first-order chi connectivity index (χ1) is 48.1. The number of nitrogens with zero attached hydrogens (tertiary/aromatic N) is 3. The van der Waals surface area contributed by atoms with Crippen molar-refractivity contribution in [2.45, 2.75) is 154 Å². The maximum atomic E-state index is 14.5. The van der Waals surface area contributed by atoms with E-state index < -0.39 is 124 Å². The third-order valence-corrected chi connectivity index (χ3v) is 19.1. The van der Waals surface area contributed by atoms with E-state index in [1.165, 1.54) is 48.5 Å². The van der Waals surface area contributed by atoms with Crippen molar-refractivity contribution in [3.63, 3.8) is 0 Å². The number of fused-ring (bicyclic) bond motifs is 5. The summed E-state index contributed by atoms with van der Waals surface area (Å²) in [6.07, 6.45) is 1.31. The number of ether oxygens (including phenoxy) is 2. The number of hydrogen-bond donors (Lipinski definition) is 11. The zero-order chi connectivity index (χ0) is 73.0. The van der Waals surface area contributed by atoms with Gasteiger partial charge in [-0.05, 0) is 147 Å². The van der Waals surface area contributed by atoms with Crippen LogP contribution in [0.25, 0.3) is 22.3 Å². The average molecular weight is 1420 g/mol. The topological polar surface area (TPSA) is 385 Å². The number of pyridine rings is 2. The van der Waals surface area contributed by atoms with E-state index in [0.717, 1.165) is 10.9 Å². The third-order valence-electron chi connectivity index (χ3n) is 17.4. The fourth-order valence-corrected chi connectivity index (χ4v) is 13.8. The van der Waals surface area contributed by atoms with Crippen LogP contribution in [-0.2, 0) is 71.8 Å². The Morgan fingerprint density at radius 1 is 0.743 bits per heavy atom. The Hall–Kier alpha value is -10.5. The number of urea groups is 2. The number of hydrogen-bond acceptors (Lipinski definition) is 16. The predicted octanol–water partition coefficient (Wildman–Crippen LogP) is 7.48. The number of nitrogens with one attached hydrogen (secondary N) is 10. The minimum Gasteiger partial charge on any atom is -0.481 e. The molecule has 2 aromatic heterocycles. The first kappa shape index (κ1) is 74.7. The number of thiocarbonyl (C=S) groups is 1. The summed E-state index contributed by atoms with van der Waals surface area (Å²) in [5, 5.41) is 35.5. The molecule has 5 heterocycles. The Kier molecular flexibility index (Phi) is 24.2. The number of likely N-dealkylation sites (tertiary alicyclic amines) is 1. The van der Waals surface area contributed by atoms with Crippen LogP contribution < -0.4 is 58.1 Å². The standard InChI is InChI=1S/C71H85N13O15S2/c1-9-27-72-68(94)75-47-18-14-20-49(33-47)101(96,97)82-48-19-13-17-43(32-48)53(35-59(86)87)80-69(95)74-45-23-25-46(26-24-45)76-70(100)83-28-15-22-56(83)64(90)79-54(29-39(3)4)62(88)73-36-58(85)77-55(30-40(5)6)63(89)81-60(41(7)8)66(92)99-71(10-2)51-34-57-61-44(31-42-16-11-12-21-52(42)78-61)37-84(57)65(91)50(51)38-98-67(71)93/h11-14,16-21,23-26,31-34,39-41,53-56,60,82H,9-10,15,22,27-30,35-38H2,1-8H3,(H,73,88)(H,76,100)(H,77,85)(H,79,90)(H,81,89)(H,86,87)(H2,72,75,94)(H2,74,80,95)/t53?,54-,55+,56+,60+,71+/m0/s1. The Balaban J connectivity index is 0.773. The van der Waals surface area contributed by atoms with Crippen molar-refractivity contribution in [3.8, 4) is 11.4 Å². The predicted molar refractivity (Wildman–Crippen MR) is 381 cm³/mol. The highest BCUT2D eigenvalue weighted by Crippen LogP contribution is 2.42. The van der Waals surface area contributed by atoms with Gasteiger partial charge in [-0.1, -0.05) is 91.8 Å². The second-order valence-electron chi connectivity index (χ2n) is 26.3. The van der Waals surface area contributed by atoms with Crippen molar-refractivity contribution in [1.82, 2.24) is 46.4 Å². The number of sulfonamides is 1. The molecule has 8 amide bonds. The number of aliphatic carboxylic acids is 1. The van der Waals surface area contributed by atoms with E-state index in [-0.39, 0.29) is 82.3 Å². The van der Waals surface area contributed by atoms with Crippen LogP contribution in [0.15, 0.2) is 119 Å². The van der Waals surface area contributed by atoms with E-state index in [4.69, 9.17) is 26.7 Å². The number of carboxylic acid groups (broad SMARTS) is 1. The summed E-state index contributed by atoms with van der Waals surface area (Å²) in [6.45, 7) is 14.4. The summed E-state index contributed by atoms with van der Waals surface area (Å²) in [5.74, 6) is -6.60. The molecule has 0 saturated carbocycles. The van der Waals surface area contributed by atoms with Crippen molar-refractivity contribution in [3.05, 3.63) is 142 Å². The Morgan fingerprint density at radius 2 is 1.42 bits per heavy atom. The molecular formula is C71H85N13O15S2. The van der Waals surface area contributed by atoms with Crippen LogP contribution in [0.5, 0.6) is 0 Å². The van der Waals surface area contributed by atoms with Crippen molar-refractivity contribution >= 4 is 115 Å². The summed E-state index contributed by atoms with van der Waals surface area (Å²) < 4.78 is 42.7. The van der Waals surface area contributed by atoms with Gasteiger partial charge in [-0.25, -0.2) is 32.6 Å². The smallest absolute Gasteiger partial charge is 0.355 e. The van der Waals surface area contributed by atoms with E-state index in [1.807, 2.05) is 65.0 Å². The number of cyclic esters (lactones) is 1. The van der Waals surface area contributed by atoms with Gasteiger partial charge in [0.05, 0.1) is 52.9 Å². The molecule has 30 heteroatoms. The van der Waals surface area contributed by atoms with Crippen LogP contribution in [0, 0.1) is 17.8 Å². The zero-order valence-electron chi connectivity index (χ0n) is 57.3. The number of amides is 8. The molecule has 6 atom stereocenters. The Morgan fingerprint density at radius 3 is 2.10 bits per heavy atom. The summed E-state index contributed by atoms with van der Waals surface area (Å²) in [6, 6.07) is 22.2. The normalized spacial score (nSPS) is 16.4. The van der Waals surface area contributed by atoms with E-state index in [1.54, 1.807) is 60.6 Å². The number of anilines is 4. The molecule has 1 saturated heterocycles. The molecule has 3 aliphatic heterocycles. The quantitative estimate of drug-likeness (QED) is 0.0167. The molecule has 536 valence electrons. The monoisotopic (exact) mass is 1420 g/mol. The lowest BCUT2D eigenvalue weighted by molar-refractivity contribution is -0.191. The highest BCUT2D eigenvalue weighted by molar-refractivity contribution is 7.92. The molecule has 28 nitrogen and oxygen atoms in total. The van der Waals surface area contributed by atoms with Gasteiger partial charge >= 0.3 is 30.0 Å². The number of aromatic nitrogens is 2. The molecule has 0 spiro atoms. The van der Waals surface area contributed by atoms with Crippen LogP contribution in [0.2, 0.25) is 0 Å². The Labute approximate surface area is 589 Å². The van der Waals surface area contributed by atoms with Crippen molar-refractivity contribution in [1.29, 1.82) is 0 Å². The molecule has 11 N–H and O–H groups in total. The van der Waals surface area contributed by atoms with Gasteiger partial charge in [-0.15, -0.1) is 0 Å². The Bertz CT molecular complexity index is 4360. The minimum atomic E-state index is -4.21. The highest BCUT2D eigenvalue weighted by Gasteiger charge is 2.52. The molecule has 9 rings (SSSR count). The van der Waals surface area contributed by atoms with Crippen molar-refractivity contribution < 1.29 is 66.1 Å². The van der Waals surface area contributed by atoms with Gasteiger partial charge in [0.2, 0.25) is 29.2 Å². The van der Waals surface area contributed by atoms with Crippen LogP contribution in [0.3, 0.4) is 0 Å². The molecule has 1 fully saturated rings. The maximum absolute atomic E-state index is 14.5. The van der Waals surface area contributed by atoms with Crippen molar-refractivity contribution in [2.24, 2.45) is 17.8 Å². The summed E-state index contributed by atoms with van der Waals surface area (Å²) >= 11 is 5.80. The summed E-state index contributed by atoms with van der Waals surface area (Å²) in [5.41, 5.74) is 1.72. The first-order valence-corrected chi connectivity index (χ1v) is 35.4. The molecule has 1 unspecified atom stereocenters. The second kappa shape index (κ2) is 32.7. The number of carbonyl (C=O) groups is 9. The molecule has 0 aliphatic carbocycles. The number of benzene rings is 4.